The summed E-state index contributed by atoms with van der Waals surface area (Å²) in [4.78, 5) is 4.38. The van der Waals surface area contributed by atoms with Crippen molar-refractivity contribution in [3.63, 3.8) is 0 Å². The van der Waals surface area contributed by atoms with Crippen molar-refractivity contribution in [2.24, 2.45) is 0 Å². The van der Waals surface area contributed by atoms with Gasteiger partial charge in [-0.25, -0.2) is 0 Å². The lowest BCUT2D eigenvalue weighted by Crippen LogP contribution is -2.00. The zero-order valence-corrected chi connectivity index (χ0v) is 14.4. The molecule has 0 atom stereocenters. The fourth-order valence-corrected chi connectivity index (χ4v) is 2.40. The summed E-state index contributed by atoms with van der Waals surface area (Å²) >= 11 is 0. The van der Waals surface area contributed by atoms with Crippen molar-refractivity contribution in [2.45, 2.75) is 20.5 Å². The first kappa shape index (κ1) is 16.8. The van der Waals surface area contributed by atoms with Crippen molar-refractivity contribution in [1.82, 2.24) is 15.2 Å². The second-order valence-corrected chi connectivity index (χ2v) is 5.32. The quantitative estimate of drug-likeness (QED) is 0.675. The van der Waals surface area contributed by atoms with E-state index in [1.165, 1.54) is 0 Å². The van der Waals surface area contributed by atoms with E-state index in [-0.39, 0.29) is 0 Å². The van der Waals surface area contributed by atoms with Crippen molar-refractivity contribution in [3.8, 4) is 28.6 Å². The van der Waals surface area contributed by atoms with Gasteiger partial charge >= 0.3 is 0 Å². The molecule has 0 bridgehead atoms. The SMILES string of the molecule is CCOc1cc(COc2ccc(-c3ccn[nH]3)nc2)cc(OCC)c1. The summed E-state index contributed by atoms with van der Waals surface area (Å²) in [6, 6.07) is 11.5. The van der Waals surface area contributed by atoms with Crippen LogP contribution in [0.2, 0.25) is 0 Å². The molecule has 0 aliphatic carbocycles. The van der Waals surface area contributed by atoms with Crippen LogP contribution < -0.4 is 14.2 Å². The molecule has 0 saturated carbocycles. The lowest BCUT2D eigenvalue weighted by Gasteiger charge is -2.12. The van der Waals surface area contributed by atoms with Crippen LogP contribution in [-0.2, 0) is 6.61 Å². The molecule has 3 aromatic rings. The van der Waals surface area contributed by atoms with Crippen molar-refractivity contribution >= 4 is 0 Å². The fourth-order valence-electron chi connectivity index (χ4n) is 2.40. The Morgan fingerprint density at radius 3 is 2.20 bits per heavy atom. The smallest absolute Gasteiger partial charge is 0.138 e. The van der Waals surface area contributed by atoms with Gasteiger partial charge in [-0.05, 0) is 49.7 Å². The largest absolute Gasteiger partial charge is 0.494 e. The Hall–Kier alpha value is -3.02. The van der Waals surface area contributed by atoms with Crippen molar-refractivity contribution < 1.29 is 14.2 Å². The van der Waals surface area contributed by atoms with Gasteiger partial charge in [0.1, 0.15) is 23.9 Å². The van der Waals surface area contributed by atoms with Gasteiger partial charge in [-0.3, -0.25) is 10.1 Å². The number of pyridine rings is 1. The summed E-state index contributed by atoms with van der Waals surface area (Å²) in [6.07, 6.45) is 3.40. The summed E-state index contributed by atoms with van der Waals surface area (Å²) in [7, 11) is 0. The Bertz CT molecular complexity index is 762. The van der Waals surface area contributed by atoms with E-state index < -0.39 is 0 Å². The Kier molecular flexibility index (Phi) is 5.51. The maximum absolute atomic E-state index is 5.83. The summed E-state index contributed by atoms with van der Waals surface area (Å²) in [5.41, 5.74) is 2.67. The maximum Gasteiger partial charge on any atom is 0.138 e. The standard InChI is InChI=1S/C19H21N3O3/c1-3-23-16-9-14(10-17(11-16)24-4-2)13-25-15-5-6-18(20-12-15)19-7-8-21-22-19/h5-12H,3-4,13H2,1-2H3,(H,21,22). The molecule has 1 aromatic carbocycles. The van der Waals surface area contributed by atoms with Gasteiger partial charge in [0, 0.05) is 12.3 Å². The zero-order chi connectivity index (χ0) is 17.5. The second kappa shape index (κ2) is 8.19. The summed E-state index contributed by atoms with van der Waals surface area (Å²) in [5, 5.41) is 6.81. The Balaban J connectivity index is 1.68. The lowest BCUT2D eigenvalue weighted by atomic mass is 10.2. The van der Waals surface area contributed by atoms with Gasteiger partial charge in [0.2, 0.25) is 0 Å². The van der Waals surface area contributed by atoms with Crippen LogP contribution >= 0.6 is 0 Å². The number of hydrogen-bond acceptors (Lipinski definition) is 5. The topological polar surface area (TPSA) is 69.3 Å². The number of H-pyrrole nitrogens is 1. The van der Waals surface area contributed by atoms with Gasteiger partial charge in [-0.2, -0.15) is 5.10 Å². The van der Waals surface area contributed by atoms with E-state index in [0.29, 0.717) is 25.6 Å². The second-order valence-electron chi connectivity index (χ2n) is 5.32. The number of hydrogen-bond donors (Lipinski definition) is 1. The average Bonchev–Trinajstić information content (AvgIpc) is 3.16. The molecular formula is C19H21N3O3. The molecule has 25 heavy (non-hydrogen) atoms. The van der Waals surface area contributed by atoms with Gasteiger partial charge in [0.15, 0.2) is 0 Å². The molecule has 0 fully saturated rings. The van der Waals surface area contributed by atoms with Crippen molar-refractivity contribution in [3.05, 3.63) is 54.4 Å². The van der Waals surface area contributed by atoms with E-state index in [2.05, 4.69) is 15.2 Å². The number of rotatable bonds is 8. The van der Waals surface area contributed by atoms with Crippen LogP contribution in [0, 0.1) is 0 Å². The predicted molar refractivity (Wildman–Crippen MR) is 94.9 cm³/mol. The number of benzene rings is 1. The van der Waals surface area contributed by atoms with Gasteiger partial charge < -0.3 is 14.2 Å². The number of nitrogens with one attached hydrogen (secondary N) is 1. The van der Waals surface area contributed by atoms with Gasteiger partial charge in [-0.15, -0.1) is 0 Å². The van der Waals surface area contributed by atoms with Crippen LogP contribution in [0.4, 0.5) is 0 Å². The van der Waals surface area contributed by atoms with E-state index in [4.69, 9.17) is 14.2 Å². The van der Waals surface area contributed by atoms with E-state index in [1.807, 2.05) is 50.2 Å². The van der Waals surface area contributed by atoms with E-state index in [1.54, 1.807) is 12.4 Å². The molecule has 1 N–H and O–H groups in total. The number of aromatic nitrogens is 3. The van der Waals surface area contributed by atoms with E-state index >= 15 is 0 Å². The molecule has 0 unspecified atom stereocenters. The van der Waals surface area contributed by atoms with Gasteiger partial charge in [-0.1, -0.05) is 0 Å². The van der Waals surface area contributed by atoms with Crippen LogP contribution in [0.3, 0.4) is 0 Å². The first-order chi connectivity index (χ1) is 12.3. The summed E-state index contributed by atoms with van der Waals surface area (Å²) < 4.78 is 17.0. The summed E-state index contributed by atoms with van der Waals surface area (Å²) in [6.45, 7) is 5.53. The third kappa shape index (κ3) is 4.50. The lowest BCUT2D eigenvalue weighted by molar-refractivity contribution is 0.297. The molecule has 0 saturated heterocycles. The van der Waals surface area contributed by atoms with Gasteiger partial charge in [0.25, 0.3) is 0 Å². The highest BCUT2D eigenvalue weighted by Crippen LogP contribution is 2.24. The zero-order valence-electron chi connectivity index (χ0n) is 14.4. The minimum atomic E-state index is 0.409. The normalized spacial score (nSPS) is 10.5. The Labute approximate surface area is 146 Å². The van der Waals surface area contributed by atoms with Crippen LogP contribution in [0.1, 0.15) is 19.4 Å². The number of ether oxygens (including phenoxy) is 3. The van der Waals surface area contributed by atoms with E-state index in [9.17, 15) is 0 Å². The van der Waals surface area contributed by atoms with Crippen molar-refractivity contribution in [2.75, 3.05) is 13.2 Å². The molecule has 0 radical (unpaired) electrons. The average molecular weight is 339 g/mol. The molecule has 0 aliphatic rings. The monoisotopic (exact) mass is 339 g/mol. The molecule has 2 heterocycles. The fraction of sp³-hybridized carbons (Fsp3) is 0.263. The first-order valence-electron chi connectivity index (χ1n) is 8.26. The van der Waals surface area contributed by atoms with Crippen LogP contribution in [0.25, 0.3) is 11.4 Å². The molecule has 3 rings (SSSR count). The molecule has 2 aromatic heterocycles. The van der Waals surface area contributed by atoms with E-state index in [0.717, 1.165) is 28.5 Å². The third-order valence-corrected chi connectivity index (χ3v) is 3.48. The molecular weight excluding hydrogens is 318 g/mol. The number of nitrogens with zero attached hydrogens (tertiary/aromatic N) is 2. The predicted octanol–water partition coefficient (Wildman–Crippen LogP) is 3.85. The molecule has 130 valence electrons. The maximum atomic E-state index is 5.83. The van der Waals surface area contributed by atoms with Gasteiger partial charge in [0.05, 0.1) is 30.8 Å². The highest BCUT2D eigenvalue weighted by molar-refractivity contribution is 5.53. The van der Waals surface area contributed by atoms with Crippen LogP contribution in [0.5, 0.6) is 17.2 Å². The highest BCUT2D eigenvalue weighted by atomic mass is 16.5. The molecule has 0 aliphatic heterocycles. The third-order valence-electron chi connectivity index (χ3n) is 3.48. The minimum absolute atomic E-state index is 0.409. The van der Waals surface area contributed by atoms with Crippen LogP contribution in [0.15, 0.2) is 48.8 Å². The molecule has 0 amide bonds. The molecule has 6 heteroatoms. The first-order valence-corrected chi connectivity index (χ1v) is 8.26. The minimum Gasteiger partial charge on any atom is -0.494 e. The van der Waals surface area contributed by atoms with Crippen LogP contribution in [-0.4, -0.2) is 28.4 Å². The Morgan fingerprint density at radius 2 is 1.64 bits per heavy atom. The Morgan fingerprint density at radius 1 is 0.880 bits per heavy atom. The molecule has 6 nitrogen and oxygen atoms in total. The highest BCUT2D eigenvalue weighted by Gasteiger charge is 2.05. The van der Waals surface area contributed by atoms with Crippen molar-refractivity contribution in [1.29, 1.82) is 0 Å². The summed E-state index contributed by atoms with van der Waals surface area (Å²) in [5.74, 6) is 2.25. The number of aromatic amines is 1. The molecule has 0 spiro atoms.